The number of hydrogen-bond donors (Lipinski definition) is 1. The van der Waals surface area contributed by atoms with Crippen molar-refractivity contribution in [3.63, 3.8) is 0 Å². The van der Waals surface area contributed by atoms with Crippen LogP contribution in [0, 0.1) is 0 Å². The zero-order valence-electron chi connectivity index (χ0n) is 9.30. The summed E-state index contributed by atoms with van der Waals surface area (Å²) in [5.74, 6) is 0.215. The number of alkyl halides is 1. The van der Waals surface area contributed by atoms with Gasteiger partial charge < -0.3 is 0 Å². The SMILES string of the molecule is CCCCS(=O)(=O)NC(C)(C)C(C)Br. The minimum atomic E-state index is -3.13. The third-order valence-electron chi connectivity index (χ3n) is 2.18. The lowest BCUT2D eigenvalue weighted by Crippen LogP contribution is -2.49. The first-order chi connectivity index (χ1) is 6.21. The second-order valence-corrected chi connectivity index (χ2v) is 7.33. The zero-order valence-corrected chi connectivity index (χ0v) is 11.7. The van der Waals surface area contributed by atoms with Gasteiger partial charge in [0.1, 0.15) is 0 Å². The van der Waals surface area contributed by atoms with E-state index in [9.17, 15) is 8.42 Å². The predicted molar refractivity (Wildman–Crippen MR) is 64.3 cm³/mol. The molecule has 0 spiro atoms. The summed E-state index contributed by atoms with van der Waals surface area (Å²) >= 11 is 3.39. The molecule has 0 saturated heterocycles. The van der Waals surface area contributed by atoms with Gasteiger partial charge >= 0.3 is 0 Å². The van der Waals surface area contributed by atoms with E-state index >= 15 is 0 Å². The predicted octanol–water partition coefficient (Wildman–Crippen LogP) is 2.27. The Balaban J connectivity index is 4.36. The topological polar surface area (TPSA) is 46.2 Å². The van der Waals surface area contributed by atoms with Crippen molar-refractivity contribution in [3.05, 3.63) is 0 Å². The van der Waals surface area contributed by atoms with E-state index in [0.29, 0.717) is 6.42 Å². The summed E-state index contributed by atoms with van der Waals surface area (Å²) in [6.07, 6.45) is 1.60. The summed E-state index contributed by atoms with van der Waals surface area (Å²) in [4.78, 5) is 0.103. The van der Waals surface area contributed by atoms with Crippen LogP contribution in [0.5, 0.6) is 0 Å². The summed E-state index contributed by atoms with van der Waals surface area (Å²) in [5, 5.41) is 0. The lowest BCUT2D eigenvalue weighted by Gasteiger charge is -2.28. The molecular weight excluding hydrogens is 266 g/mol. The van der Waals surface area contributed by atoms with Crippen LogP contribution < -0.4 is 4.72 Å². The lowest BCUT2D eigenvalue weighted by molar-refractivity contribution is 0.453. The molecule has 0 bridgehead atoms. The quantitative estimate of drug-likeness (QED) is 0.761. The van der Waals surface area contributed by atoms with Gasteiger partial charge in [0.05, 0.1) is 5.75 Å². The molecule has 1 atom stereocenters. The van der Waals surface area contributed by atoms with Gasteiger partial charge in [-0.2, -0.15) is 0 Å². The summed E-state index contributed by atoms with van der Waals surface area (Å²) in [6, 6.07) is 0. The van der Waals surface area contributed by atoms with E-state index in [1.165, 1.54) is 0 Å². The van der Waals surface area contributed by atoms with Gasteiger partial charge in [0.15, 0.2) is 0 Å². The van der Waals surface area contributed by atoms with E-state index in [4.69, 9.17) is 0 Å². The van der Waals surface area contributed by atoms with Crippen LogP contribution in [0.15, 0.2) is 0 Å². The summed E-state index contributed by atoms with van der Waals surface area (Å²) < 4.78 is 25.8. The van der Waals surface area contributed by atoms with Crippen molar-refractivity contribution < 1.29 is 8.42 Å². The van der Waals surface area contributed by atoms with Crippen LogP contribution in [0.25, 0.3) is 0 Å². The minimum absolute atomic E-state index is 0.103. The van der Waals surface area contributed by atoms with Gasteiger partial charge in [-0.15, -0.1) is 0 Å². The van der Waals surface area contributed by atoms with Crippen molar-refractivity contribution in [1.29, 1.82) is 0 Å². The average molecular weight is 286 g/mol. The summed E-state index contributed by atoms with van der Waals surface area (Å²) in [7, 11) is -3.13. The highest BCUT2D eigenvalue weighted by Gasteiger charge is 2.28. The second-order valence-electron chi connectivity index (χ2n) is 4.11. The van der Waals surface area contributed by atoms with Crippen LogP contribution in [-0.4, -0.2) is 24.5 Å². The van der Waals surface area contributed by atoms with Crippen LogP contribution in [-0.2, 0) is 10.0 Å². The van der Waals surface area contributed by atoms with Gasteiger partial charge in [-0.05, 0) is 20.3 Å². The van der Waals surface area contributed by atoms with Crippen LogP contribution in [0.3, 0.4) is 0 Å². The molecule has 1 N–H and O–H groups in total. The highest BCUT2D eigenvalue weighted by atomic mass is 79.9. The molecule has 86 valence electrons. The molecule has 0 radical (unpaired) electrons. The van der Waals surface area contributed by atoms with Crippen molar-refractivity contribution in [2.75, 3.05) is 5.75 Å². The molecule has 0 aliphatic rings. The fourth-order valence-electron chi connectivity index (χ4n) is 0.867. The first-order valence-corrected chi connectivity index (χ1v) is 7.44. The lowest BCUT2D eigenvalue weighted by atomic mass is 10.0. The average Bonchev–Trinajstić information content (AvgIpc) is 1.99. The molecule has 0 rings (SSSR count). The standard InChI is InChI=1S/C9H20BrNO2S/c1-5-6-7-14(12,13)11-9(3,4)8(2)10/h8,11H,5-7H2,1-4H3. The van der Waals surface area contributed by atoms with Gasteiger partial charge in [0.2, 0.25) is 10.0 Å². The molecule has 0 amide bonds. The number of hydrogen-bond acceptors (Lipinski definition) is 2. The molecule has 0 aromatic rings. The first kappa shape index (κ1) is 14.4. The van der Waals surface area contributed by atoms with Crippen molar-refractivity contribution in [2.24, 2.45) is 0 Å². The number of nitrogens with one attached hydrogen (secondary N) is 1. The van der Waals surface area contributed by atoms with Gasteiger partial charge in [0.25, 0.3) is 0 Å². The van der Waals surface area contributed by atoms with E-state index in [1.54, 1.807) is 0 Å². The van der Waals surface area contributed by atoms with E-state index < -0.39 is 15.6 Å². The van der Waals surface area contributed by atoms with E-state index in [1.807, 2.05) is 27.7 Å². The van der Waals surface area contributed by atoms with Crippen molar-refractivity contribution in [1.82, 2.24) is 4.72 Å². The Hall–Kier alpha value is 0.390. The Kier molecular flexibility index (Phi) is 5.62. The number of rotatable bonds is 6. The first-order valence-electron chi connectivity index (χ1n) is 4.87. The Bertz CT molecular complexity index is 260. The minimum Gasteiger partial charge on any atom is -0.212 e. The molecular formula is C9H20BrNO2S. The molecule has 5 heteroatoms. The number of sulfonamides is 1. The molecule has 0 aliphatic heterocycles. The molecule has 0 heterocycles. The molecule has 0 fully saturated rings. The largest absolute Gasteiger partial charge is 0.212 e. The molecule has 0 aromatic heterocycles. The van der Waals surface area contributed by atoms with E-state index in [2.05, 4.69) is 20.7 Å². The third-order valence-corrected chi connectivity index (χ3v) is 4.99. The van der Waals surface area contributed by atoms with Gasteiger partial charge in [0, 0.05) is 10.4 Å². The third kappa shape index (κ3) is 5.32. The normalized spacial score (nSPS) is 15.5. The fraction of sp³-hybridized carbons (Fsp3) is 1.00. The van der Waals surface area contributed by atoms with Crippen LogP contribution in [0.1, 0.15) is 40.5 Å². The van der Waals surface area contributed by atoms with Crippen molar-refractivity contribution in [2.45, 2.75) is 50.9 Å². The Morgan fingerprint density at radius 3 is 2.29 bits per heavy atom. The van der Waals surface area contributed by atoms with Gasteiger partial charge in [-0.3, -0.25) is 0 Å². The Morgan fingerprint density at radius 1 is 1.43 bits per heavy atom. The maximum absolute atomic E-state index is 11.6. The maximum atomic E-state index is 11.6. The second kappa shape index (κ2) is 5.47. The molecule has 1 unspecified atom stereocenters. The smallest absolute Gasteiger partial charge is 0.212 e. The molecule has 14 heavy (non-hydrogen) atoms. The summed E-state index contributed by atoms with van der Waals surface area (Å²) in [6.45, 7) is 7.65. The number of halogens is 1. The van der Waals surface area contributed by atoms with E-state index in [0.717, 1.165) is 6.42 Å². The highest BCUT2D eigenvalue weighted by molar-refractivity contribution is 9.09. The molecule has 3 nitrogen and oxygen atoms in total. The summed E-state index contributed by atoms with van der Waals surface area (Å²) in [5.41, 5.74) is -0.438. The van der Waals surface area contributed by atoms with Gasteiger partial charge in [-0.25, -0.2) is 13.1 Å². The number of unbranched alkanes of at least 4 members (excludes halogenated alkanes) is 1. The maximum Gasteiger partial charge on any atom is 0.212 e. The van der Waals surface area contributed by atoms with Gasteiger partial charge in [-0.1, -0.05) is 36.2 Å². The van der Waals surface area contributed by atoms with Crippen molar-refractivity contribution in [3.8, 4) is 0 Å². The molecule has 0 aromatic carbocycles. The Labute approximate surface area is 95.8 Å². The highest BCUT2D eigenvalue weighted by Crippen LogP contribution is 2.17. The fourth-order valence-corrected chi connectivity index (χ4v) is 2.88. The van der Waals surface area contributed by atoms with Crippen LogP contribution in [0.4, 0.5) is 0 Å². The van der Waals surface area contributed by atoms with Crippen LogP contribution in [0.2, 0.25) is 0 Å². The van der Waals surface area contributed by atoms with Crippen LogP contribution >= 0.6 is 15.9 Å². The molecule has 0 saturated carbocycles. The van der Waals surface area contributed by atoms with E-state index in [-0.39, 0.29) is 10.6 Å². The Morgan fingerprint density at radius 2 is 1.93 bits per heavy atom. The zero-order chi connectivity index (χ0) is 11.4. The molecule has 0 aliphatic carbocycles. The van der Waals surface area contributed by atoms with Crippen molar-refractivity contribution >= 4 is 26.0 Å². The monoisotopic (exact) mass is 285 g/mol.